The maximum Gasteiger partial charge on any atom is 0.210 e. The average Bonchev–Trinajstić information content (AvgIpc) is 2.83. The maximum atomic E-state index is 10.2. The van der Waals surface area contributed by atoms with Crippen LogP contribution in [0.25, 0.3) is 6.08 Å². The Balaban J connectivity index is 1.97. The van der Waals surface area contributed by atoms with Crippen molar-refractivity contribution in [3.63, 3.8) is 0 Å². The summed E-state index contributed by atoms with van der Waals surface area (Å²) < 4.78 is 2.51. The normalized spacial score (nSPS) is 12.0. The molecular weight excluding hydrogens is 324 g/mol. The van der Waals surface area contributed by atoms with Gasteiger partial charge in [0.05, 0.1) is 10.6 Å². The fraction of sp³-hybridized carbons (Fsp3) is 0.222. The van der Waals surface area contributed by atoms with Gasteiger partial charge in [0.2, 0.25) is 5.88 Å². The second-order valence-corrected chi connectivity index (χ2v) is 6.59. The molecule has 0 aliphatic heterocycles. The molecule has 0 fully saturated rings. The third kappa shape index (κ3) is 5.30. The van der Waals surface area contributed by atoms with Crippen molar-refractivity contribution in [3.05, 3.63) is 57.4 Å². The van der Waals surface area contributed by atoms with Crippen LogP contribution >= 0.6 is 23.6 Å². The molecule has 2 rings (SSSR count). The number of rotatable bonds is 7. The number of unbranched alkanes of at least 4 members (excludes halogenated alkanes) is 1. The van der Waals surface area contributed by atoms with Crippen LogP contribution in [0.2, 0.25) is 0 Å². The van der Waals surface area contributed by atoms with E-state index >= 15 is 0 Å². The van der Waals surface area contributed by atoms with E-state index in [1.165, 1.54) is 11.3 Å². The Hall–Kier alpha value is -1.98. The molecule has 0 saturated carbocycles. The van der Waals surface area contributed by atoms with Crippen molar-refractivity contribution >= 4 is 41.5 Å². The first-order valence-electron chi connectivity index (χ1n) is 7.57. The average molecular weight is 345 g/mol. The minimum absolute atomic E-state index is 0.260. The van der Waals surface area contributed by atoms with Crippen LogP contribution in [0.4, 0.5) is 5.69 Å². The minimum atomic E-state index is 0.260. The molecule has 0 aliphatic carbocycles. The van der Waals surface area contributed by atoms with Crippen LogP contribution in [-0.4, -0.2) is 15.9 Å². The SMILES string of the molecule is CCCCn1c(O)c(/C=C/C=C/C=Nc2ccccc2)sc1=S. The minimum Gasteiger partial charge on any atom is -0.493 e. The highest BCUT2D eigenvalue weighted by atomic mass is 32.1. The van der Waals surface area contributed by atoms with Gasteiger partial charge in [0.15, 0.2) is 3.95 Å². The molecule has 1 N–H and O–H groups in total. The van der Waals surface area contributed by atoms with Crippen molar-refractivity contribution in [3.8, 4) is 5.88 Å². The molecule has 3 nitrogen and oxygen atoms in total. The van der Waals surface area contributed by atoms with E-state index in [9.17, 15) is 5.11 Å². The lowest BCUT2D eigenvalue weighted by atomic mass is 10.3. The topological polar surface area (TPSA) is 37.5 Å². The third-order valence-electron chi connectivity index (χ3n) is 3.16. The number of allylic oxidation sites excluding steroid dienone is 3. The summed E-state index contributed by atoms with van der Waals surface area (Å²) in [5, 5.41) is 10.2. The van der Waals surface area contributed by atoms with Crippen LogP contribution in [0.3, 0.4) is 0 Å². The molecule has 1 aromatic heterocycles. The highest BCUT2D eigenvalue weighted by Crippen LogP contribution is 2.27. The van der Waals surface area contributed by atoms with Gasteiger partial charge >= 0.3 is 0 Å². The molecule has 120 valence electrons. The van der Waals surface area contributed by atoms with E-state index in [0.717, 1.165) is 30.0 Å². The summed E-state index contributed by atoms with van der Waals surface area (Å²) in [5.41, 5.74) is 0.921. The predicted molar refractivity (Wildman–Crippen MR) is 102 cm³/mol. The molecule has 0 saturated heterocycles. The summed E-state index contributed by atoms with van der Waals surface area (Å²) in [4.78, 5) is 5.09. The Kier molecular flexibility index (Phi) is 6.97. The molecule has 0 spiro atoms. The number of hydrogen-bond donors (Lipinski definition) is 1. The van der Waals surface area contributed by atoms with Crippen molar-refractivity contribution in [2.45, 2.75) is 26.3 Å². The summed E-state index contributed by atoms with van der Waals surface area (Å²) in [6.45, 7) is 2.89. The van der Waals surface area contributed by atoms with E-state index < -0.39 is 0 Å². The molecule has 5 heteroatoms. The monoisotopic (exact) mass is 344 g/mol. The van der Waals surface area contributed by atoms with Crippen LogP contribution in [-0.2, 0) is 6.54 Å². The second kappa shape index (κ2) is 9.22. The van der Waals surface area contributed by atoms with Crippen LogP contribution in [0.5, 0.6) is 5.88 Å². The van der Waals surface area contributed by atoms with E-state index in [-0.39, 0.29) is 5.88 Å². The highest BCUT2D eigenvalue weighted by molar-refractivity contribution is 7.73. The van der Waals surface area contributed by atoms with Gasteiger partial charge in [-0.1, -0.05) is 43.7 Å². The third-order valence-corrected chi connectivity index (χ3v) is 4.57. The zero-order chi connectivity index (χ0) is 16.5. The molecule has 1 aromatic carbocycles. The van der Waals surface area contributed by atoms with Gasteiger partial charge in [0, 0.05) is 12.8 Å². The molecule has 1 heterocycles. The van der Waals surface area contributed by atoms with Crippen LogP contribution in [0.1, 0.15) is 24.6 Å². The van der Waals surface area contributed by atoms with E-state index in [2.05, 4.69) is 11.9 Å². The van der Waals surface area contributed by atoms with E-state index in [4.69, 9.17) is 12.2 Å². The molecule has 0 aliphatic rings. The number of aromatic nitrogens is 1. The van der Waals surface area contributed by atoms with Crippen molar-refractivity contribution in [1.29, 1.82) is 0 Å². The van der Waals surface area contributed by atoms with E-state index in [0.29, 0.717) is 3.95 Å². The molecule has 23 heavy (non-hydrogen) atoms. The quantitative estimate of drug-likeness (QED) is 0.394. The number of nitrogens with zero attached hydrogens (tertiary/aromatic N) is 2. The fourth-order valence-electron chi connectivity index (χ4n) is 1.94. The summed E-state index contributed by atoms with van der Waals surface area (Å²) in [6.07, 6.45) is 11.3. The first-order chi connectivity index (χ1) is 11.2. The molecule has 0 radical (unpaired) electrons. The number of hydrogen-bond acceptors (Lipinski definition) is 4. The lowest BCUT2D eigenvalue weighted by Crippen LogP contribution is -1.96. The van der Waals surface area contributed by atoms with Gasteiger partial charge in [-0.2, -0.15) is 0 Å². The molecule has 0 atom stereocenters. The maximum absolute atomic E-state index is 10.2. The van der Waals surface area contributed by atoms with Gasteiger partial charge < -0.3 is 5.11 Å². The Bertz CT molecular complexity index is 755. The van der Waals surface area contributed by atoms with Gasteiger partial charge in [-0.05, 0) is 42.9 Å². The van der Waals surface area contributed by atoms with Gasteiger partial charge in [-0.3, -0.25) is 9.56 Å². The van der Waals surface area contributed by atoms with E-state index in [1.807, 2.05) is 54.6 Å². The Morgan fingerprint density at radius 3 is 2.74 bits per heavy atom. The van der Waals surface area contributed by atoms with Crippen molar-refractivity contribution < 1.29 is 5.11 Å². The first-order valence-corrected chi connectivity index (χ1v) is 8.80. The zero-order valence-corrected chi connectivity index (χ0v) is 14.7. The van der Waals surface area contributed by atoms with Crippen LogP contribution < -0.4 is 0 Å². The highest BCUT2D eigenvalue weighted by Gasteiger charge is 2.08. The molecule has 0 amide bonds. The van der Waals surface area contributed by atoms with Gasteiger partial charge in [0.25, 0.3) is 0 Å². The molecular formula is C18H20N2OS2. The largest absolute Gasteiger partial charge is 0.493 e. The number of thiazole rings is 1. The summed E-state index contributed by atoms with van der Waals surface area (Å²) in [5.74, 6) is 0.260. The van der Waals surface area contributed by atoms with Crippen LogP contribution in [0.15, 0.2) is 53.6 Å². The first kappa shape index (κ1) is 17.4. The van der Waals surface area contributed by atoms with Crippen molar-refractivity contribution in [2.24, 2.45) is 4.99 Å². The predicted octanol–water partition coefficient (Wildman–Crippen LogP) is 5.76. The number of aliphatic imine (C=N–C) groups is 1. The number of para-hydroxylation sites is 1. The summed E-state index contributed by atoms with van der Waals surface area (Å²) >= 11 is 6.72. The Labute approximate surface area is 146 Å². The van der Waals surface area contributed by atoms with E-state index in [1.54, 1.807) is 10.8 Å². The Morgan fingerprint density at radius 1 is 1.22 bits per heavy atom. The Morgan fingerprint density at radius 2 is 2.00 bits per heavy atom. The van der Waals surface area contributed by atoms with Crippen molar-refractivity contribution in [2.75, 3.05) is 0 Å². The lowest BCUT2D eigenvalue weighted by molar-refractivity contribution is 0.410. The summed E-state index contributed by atoms with van der Waals surface area (Å²) in [6, 6.07) is 9.77. The second-order valence-electron chi connectivity index (χ2n) is 4.92. The fourth-order valence-corrected chi connectivity index (χ4v) is 3.21. The zero-order valence-electron chi connectivity index (χ0n) is 13.1. The summed E-state index contributed by atoms with van der Waals surface area (Å²) in [7, 11) is 0. The standard InChI is InChI=1S/C18H20N2OS2/c1-2-3-14-20-17(21)16(23-18(20)22)12-8-5-9-13-19-15-10-6-4-7-11-15/h4-13,21H,2-3,14H2,1H3/b9-5+,12-8+,19-13?. The number of benzene rings is 1. The molecule has 2 aromatic rings. The lowest BCUT2D eigenvalue weighted by Gasteiger charge is -2.02. The van der Waals surface area contributed by atoms with Crippen LogP contribution in [0, 0.1) is 3.95 Å². The molecule has 0 unspecified atom stereocenters. The van der Waals surface area contributed by atoms with Gasteiger partial charge in [0.1, 0.15) is 0 Å². The molecule has 0 bridgehead atoms. The van der Waals surface area contributed by atoms with Gasteiger partial charge in [-0.15, -0.1) is 11.3 Å². The number of aromatic hydroxyl groups is 1. The van der Waals surface area contributed by atoms with Crippen molar-refractivity contribution in [1.82, 2.24) is 4.57 Å². The van der Waals surface area contributed by atoms with Gasteiger partial charge in [-0.25, -0.2) is 0 Å². The smallest absolute Gasteiger partial charge is 0.210 e.